The van der Waals surface area contributed by atoms with E-state index in [4.69, 9.17) is 11.6 Å². The van der Waals surface area contributed by atoms with Gasteiger partial charge in [-0.05, 0) is 19.1 Å². The van der Waals surface area contributed by atoms with Gasteiger partial charge >= 0.3 is 12.6 Å². The lowest BCUT2D eigenvalue weighted by Gasteiger charge is -2.10. The molecule has 0 aliphatic rings. The van der Waals surface area contributed by atoms with Crippen molar-refractivity contribution in [2.75, 3.05) is 6.61 Å². The molecular formula is C11H10ClF3O3. The molecule has 1 aromatic carbocycles. The third-order valence-corrected chi connectivity index (χ3v) is 2.25. The Labute approximate surface area is 106 Å². The molecule has 0 bridgehead atoms. The Morgan fingerprint density at radius 2 is 2.11 bits per heavy atom. The Morgan fingerprint density at radius 1 is 1.44 bits per heavy atom. The van der Waals surface area contributed by atoms with E-state index in [9.17, 15) is 18.0 Å². The van der Waals surface area contributed by atoms with E-state index < -0.39 is 18.4 Å². The van der Waals surface area contributed by atoms with Gasteiger partial charge in [0.25, 0.3) is 0 Å². The van der Waals surface area contributed by atoms with Crippen molar-refractivity contribution in [3.05, 3.63) is 28.5 Å². The third kappa shape index (κ3) is 4.10. The lowest BCUT2D eigenvalue weighted by molar-refractivity contribution is -0.142. The molecule has 0 N–H and O–H groups in total. The molecule has 0 radical (unpaired) electrons. The number of halogens is 4. The number of hydrogen-bond acceptors (Lipinski definition) is 3. The fraction of sp³-hybridized carbons (Fsp3) is 0.364. The summed E-state index contributed by atoms with van der Waals surface area (Å²) in [6, 6.07) is 1.77. The van der Waals surface area contributed by atoms with Crippen LogP contribution in [0.3, 0.4) is 0 Å². The van der Waals surface area contributed by atoms with Gasteiger partial charge in [-0.1, -0.05) is 11.6 Å². The minimum atomic E-state index is -3.08. The highest BCUT2D eigenvalue weighted by molar-refractivity contribution is 6.32. The van der Waals surface area contributed by atoms with Gasteiger partial charge in [-0.3, -0.25) is 4.79 Å². The molecule has 1 rings (SSSR count). The van der Waals surface area contributed by atoms with Crippen LogP contribution in [-0.2, 0) is 16.0 Å². The van der Waals surface area contributed by atoms with E-state index in [0.717, 1.165) is 12.1 Å². The van der Waals surface area contributed by atoms with E-state index >= 15 is 0 Å². The van der Waals surface area contributed by atoms with Gasteiger partial charge < -0.3 is 9.47 Å². The molecule has 18 heavy (non-hydrogen) atoms. The molecule has 7 heteroatoms. The maximum Gasteiger partial charge on any atom is 0.387 e. The van der Waals surface area contributed by atoms with Gasteiger partial charge in [0.2, 0.25) is 0 Å². The molecule has 0 amide bonds. The highest BCUT2D eigenvalue weighted by Gasteiger charge is 2.15. The number of benzene rings is 1. The minimum Gasteiger partial charge on any atom is -0.466 e. The van der Waals surface area contributed by atoms with Crippen LogP contribution in [0.5, 0.6) is 5.75 Å². The zero-order valence-corrected chi connectivity index (χ0v) is 10.1. The first-order valence-corrected chi connectivity index (χ1v) is 5.40. The zero-order valence-electron chi connectivity index (χ0n) is 9.38. The van der Waals surface area contributed by atoms with Crippen molar-refractivity contribution >= 4 is 17.6 Å². The van der Waals surface area contributed by atoms with E-state index in [1.165, 1.54) is 0 Å². The van der Waals surface area contributed by atoms with Crippen LogP contribution in [0.25, 0.3) is 0 Å². The van der Waals surface area contributed by atoms with Crippen LogP contribution in [0.4, 0.5) is 13.2 Å². The molecule has 0 atom stereocenters. The first-order chi connectivity index (χ1) is 8.43. The smallest absolute Gasteiger partial charge is 0.387 e. The number of carbonyl (C=O) groups excluding carboxylic acids is 1. The van der Waals surface area contributed by atoms with E-state index in [1.807, 2.05) is 0 Å². The van der Waals surface area contributed by atoms with Crippen LogP contribution in [0.1, 0.15) is 12.5 Å². The largest absolute Gasteiger partial charge is 0.466 e. The van der Waals surface area contributed by atoms with Gasteiger partial charge in [0.15, 0.2) is 0 Å². The summed E-state index contributed by atoms with van der Waals surface area (Å²) < 4.78 is 46.3. The van der Waals surface area contributed by atoms with Gasteiger partial charge in [-0.15, -0.1) is 0 Å². The second kappa shape index (κ2) is 6.49. The third-order valence-electron chi connectivity index (χ3n) is 1.96. The summed E-state index contributed by atoms with van der Waals surface area (Å²) in [5, 5.41) is -0.291. The van der Waals surface area contributed by atoms with Crippen LogP contribution < -0.4 is 4.74 Å². The molecule has 0 aromatic heterocycles. The summed E-state index contributed by atoms with van der Waals surface area (Å²) in [4.78, 5) is 11.2. The van der Waals surface area contributed by atoms with Gasteiger partial charge in [0.05, 0.1) is 18.1 Å². The molecule has 100 valence electrons. The highest BCUT2D eigenvalue weighted by Crippen LogP contribution is 2.29. The van der Waals surface area contributed by atoms with Crippen LogP contribution in [-0.4, -0.2) is 19.2 Å². The van der Waals surface area contributed by atoms with Gasteiger partial charge in [0, 0.05) is 5.56 Å². The summed E-state index contributed by atoms with van der Waals surface area (Å²) in [5.74, 6) is -1.83. The zero-order chi connectivity index (χ0) is 13.7. The van der Waals surface area contributed by atoms with Crippen molar-refractivity contribution in [3.8, 4) is 5.75 Å². The van der Waals surface area contributed by atoms with E-state index in [-0.39, 0.29) is 29.4 Å². The standard InChI is InChI=1S/C11H10ClF3O3/c1-2-17-10(16)4-6-3-9(18-11(14)15)7(12)5-8(6)13/h3,5,11H,2,4H2,1H3. The van der Waals surface area contributed by atoms with E-state index in [0.29, 0.717) is 0 Å². The topological polar surface area (TPSA) is 35.5 Å². The van der Waals surface area contributed by atoms with Crippen LogP contribution in [0.2, 0.25) is 5.02 Å². The first kappa shape index (κ1) is 14.6. The maximum atomic E-state index is 13.4. The molecule has 0 fully saturated rings. The monoisotopic (exact) mass is 282 g/mol. The van der Waals surface area contributed by atoms with Crippen molar-refractivity contribution in [1.29, 1.82) is 0 Å². The average Bonchev–Trinajstić information content (AvgIpc) is 2.24. The summed E-state index contributed by atoms with van der Waals surface area (Å²) in [7, 11) is 0. The Morgan fingerprint density at radius 3 is 2.67 bits per heavy atom. The summed E-state index contributed by atoms with van der Waals surface area (Å²) >= 11 is 5.53. The molecule has 1 aromatic rings. The molecule has 0 aliphatic heterocycles. The molecule has 0 saturated carbocycles. The number of hydrogen-bond donors (Lipinski definition) is 0. The lowest BCUT2D eigenvalue weighted by atomic mass is 10.1. The van der Waals surface area contributed by atoms with Gasteiger partial charge in [-0.25, -0.2) is 4.39 Å². The summed E-state index contributed by atoms with van der Waals surface area (Å²) in [6.45, 7) is -1.33. The number of rotatable bonds is 5. The summed E-state index contributed by atoms with van der Waals surface area (Å²) in [6.07, 6.45) is -0.379. The first-order valence-electron chi connectivity index (χ1n) is 5.02. The maximum absolute atomic E-state index is 13.4. The molecule has 0 heterocycles. The molecule has 0 aliphatic carbocycles. The van der Waals surface area contributed by atoms with Gasteiger partial charge in [0.1, 0.15) is 11.6 Å². The minimum absolute atomic E-state index is 0.117. The molecule has 0 saturated heterocycles. The average molecular weight is 283 g/mol. The Kier molecular flexibility index (Phi) is 5.27. The van der Waals surface area contributed by atoms with Crippen molar-refractivity contribution in [3.63, 3.8) is 0 Å². The molecular weight excluding hydrogens is 273 g/mol. The van der Waals surface area contributed by atoms with Crippen LogP contribution >= 0.6 is 11.6 Å². The quantitative estimate of drug-likeness (QED) is 0.778. The number of esters is 1. The second-order valence-corrected chi connectivity index (χ2v) is 3.64. The van der Waals surface area contributed by atoms with E-state index in [1.54, 1.807) is 6.92 Å². The highest BCUT2D eigenvalue weighted by atomic mass is 35.5. The lowest BCUT2D eigenvalue weighted by Crippen LogP contribution is -2.10. The Bertz CT molecular complexity index is 438. The Hall–Kier alpha value is -1.43. The van der Waals surface area contributed by atoms with Crippen molar-refractivity contribution in [1.82, 2.24) is 0 Å². The fourth-order valence-electron chi connectivity index (χ4n) is 1.26. The van der Waals surface area contributed by atoms with Crippen LogP contribution in [0.15, 0.2) is 12.1 Å². The van der Waals surface area contributed by atoms with Crippen LogP contribution in [0, 0.1) is 5.82 Å². The number of carbonyl (C=O) groups is 1. The normalized spacial score (nSPS) is 10.6. The second-order valence-electron chi connectivity index (χ2n) is 3.23. The molecule has 0 spiro atoms. The van der Waals surface area contributed by atoms with Crippen molar-refractivity contribution in [2.45, 2.75) is 20.0 Å². The van der Waals surface area contributed by atoms with Crippen molar-refractivity contribution in [2.24, 2.45) is 0 Å². The van der Waals surface area contributed by atoms with Crippen molar-refractivity contribution < 1.29 is 27.4 Å². The number of ether oxygens (including phenoxy) is 2. The predicted octanol–water partition coefficient (Wildman–Crippen LogP) is 3.19. The van der Waals surface area contributed by atoms with Gasteiger partial charge in [-0.2, -0.15) is 8.78 Å². The SMILES string of the molecule is CCOC(=O)Cc1cc(OC(F)F)c(Cl)cc1F. The number of alkyl halides is 2. The van der Waals surface area contributed by atoms with E-state index in [2.05, 4.69) is 9.47 Å². The molecule has 3 nitrogen and oxygen atoms in total. The predicted molar refractivity (Wildman–Crippen MR) is 58.4 cm³/mol. The summed E-state index contributed by atoms with van der Waals surface area (Å²) in [5.41, 5.74) is -0.117. The Balaban J connectivity index is 2.94. The molecule has 0 unspecified atom stereocenters. The fourth-order valence-corrected chi connectivity index (χ4v) is 1.46.